The van der Waals surface area contributed by atoms with Crippen molar-refractivity contribution in [3.05, 3.63) is 11.0 Å². The van der Waals surface area contributed by atoms with E-state index in [1.165, 1.54) is 0 Å². The number of piperazine rings is 1. The molecule has 10 nitrogen and oxygen atoms in total. The molecule has 0 unspecified atom stereocenters. The lowest BCUT2D eigenvalue weighted by molar-refractivity contribution is 0.000912. The summed E-state index contributed by atoms with van der Waals surface area (Å²) in [6, 6.07) is -0.656. The van der Waals surface area contributed by atoms with Crippen LogP contribution in [0.3, 0.4) is 0 Å². The van der Waals surface area contributed by atoms with Crippen LogP contribution in [0.5, 0.6) is 11.9 Å². The Morgan fingerprint density at radius 3 is 2.73 bits per heavy atom. The number of aromatic nitrogens is 3. The van der Waals surface area contributed by atoms with Gasteiger partial charge in [-0.2, -0.15) is 15.0 Å². The number of fused-ring (bicyclic) bond motifs is 3. The second kappa shape index (κ2) is 10.2. The summed E-state index contributed by atoms with van der Waals surface area (Å²) in [5.41, 5.74) is -1.11. The van der Waals surface area contributed by atoms with Crippen LogP contribution in [0.1, 0.15) is 60.3 Å². The maximum absolute atomic E-state index is 15.5. The van der Waals surface area contributed by atoms with Gasteiger partial charge in [0.05, 0.1) is 17.6 Å². The van der Waals surface area contributed by atoms with Crippen molar-refractivity contribution in [1.29, 1.82) is 0 Å². The molecule has 13 heteroatoms. The molecule has 3 saturated heterocycles. The van der Waals surface area contributed by atoms with E-state index in [9.17, 15) is 9.18 Å². The Morgan fingerprint density at radius 1 is 1.22 bits per heavy atom. The number of amides is 1. The highest BCUT2D eigenvalue weighted by Gasteiger charge is 2.50. The summed E-state index contributed by atoms with van der Waals surface area (Å²) in [6.45, 7) is 11.6. The lowest BCUT2D eigenvalue weighted by atomic mass is 9.94. The molecule has 0 bridgehead atoms. The molecule has 4 aliphatic heterocycles. The minimum Gasteiger partial charge on any atom is -0.472 e. The van der Waals surface area contributed by atoms with Gasteiger partial charge in [0.1, 0.15) is 41.2 Å². The molecule has 0 saturated carbocycles. The lowest BCUT2D eigenvalue weighted by Crippen LogP contribution is -2.65. The largest absolute Gasteiger partial charge is 0.472 e. The Labute approximate surface area is 243 Å². The Balaban J connectivity index is 1.39. The number of pyridine rings is 1. The molecular weight excluding hydrogens is 558 g/mol. The van der Waals surface area contributed by atoms with Gasteiger partial charge in [-0.1, -0.05) is 18.5 Å². The number of ether oxygens (including phenoxy) is 3. The van der Waals surface area contributed by atoms with Crippen LogP contribution in [0.4, 0.5) is 19.4 Å². The minimum atomic E-state index is -0.905. The molecule has 0 radical (unpaired) electrons. The summed E-state index contributed by atoms with van der Waals surface area (Å²) in [5, 5.41) is -0.0614. The number of nitrogens with zero attached hydrogens (tertiary/aromatic N) is 6. The smallest absolute Gasteiger partial charge is 0.410 e. The molecule has 3 fully saturated rings. The van der Waals surface area contributed by atoms with E-state index in [4.69, 9.17) is 30.8 Å². The van der Waals surface area contributed by atoms with Gasteiger partial charge >= 0.3 is 12.1 Å². The molecule has 6 rings (SSSR count). The molecule has 2 aromatic heterocycles. The average Bonchev–Trinajstić information content (AvgIpc) is 3.39. The first-order valence-electron chi connectivity index (χ1n) is 14.4. The highest BCUT2D eigenvalue weighted by Crippen LogP contribution is 2.44. The van der Waals surface area contributed by atoms with Crippen molar-refractivity contribution in [3.63, 3.8) is 0 Å². The van der Waals surface area contributed by atoms with E-state index in [1.54, 1.807) is 4.90 Å². The Morgan fingerprint density at radius 2 is 2.00 bits per heavy atom. The Kier molecular flexibility index (Phi) is 7.08. The predicted molar refractivity (Wildman–Crippen MR) is 149 cm³/mol. The van der Waals surface area contributed by atoms with Crippen molar-refractivity contribution in [2.45, 2.75) is 95.8 Å². The molecular formula is C28H37ClF2N6O4. The molecule has 0 aromatic carbocycles. The van der Waals surface area contributed by atoms with Crippen LogP contribution in [0.15, 0.2) is 0 Å². The van der Waals surface area contributed by atoms with Gasteiger partial charge in [-0.15, -0.1) is 0 Å². The maximum atomic E-state index is 15.5. The fourth-order valence-corrected chi connectivity index (χ4v) is 7.24. The quantitative estimate of drug-likeness (QED) is 0.465. The van der Waals surface area contributed by atoms with Gasteiger partial charge < -0.3 is 24.0 Å². The number of hydrogen-bond acceptors (Lipinski definition) is 9. The van der Waals surface area contributed by atoms with E-state index in [2.05, 4.69) is 14.9 Å². The fraction of sp³-hybridized carbons (Fsp3) is 0.714. The van der Waals surface area contributed by atoms with E-state index in [1.807, 2.05) is 39.5 Å². The summed E-state index contributed by atoms with van der Waals surface area (Å²) in [6.07, 6.45) is 1.03. The van der Waals surface area contributed by atoms with Crippen LogP contribution < -0.4 is 14.4 Å². The van der Waals surface area contributed by atoms with Gasteiger partial charge in [0.15, 0.2) is 11.0 Å². The summed E-state index contributed by atoms with van der Waals surface area (Å²) < 4.78 is 48.0. The second-order valence-corrected chi connectivity index (χ2v) is 13.0. The van der Waals surface area contributed by atoms with E-state index in [-0.39, 0.29) is 41.3 Å². The molecule has 5 atom stereocenters. The third kappa shape index (κ3) is 4.90. The average molecular weight is 595 g/mol. The first kappa shape index (κ1) is 28.4. The lowest BCUT2D eigenvalue weighted by Gasteiger charge is -2.48. The van der Waals surface area contributed by atoms with Crippen molar-refractivity contribution in [1.82, 2.24) is 24.8 Å². The zero-order valence-electron chi connectivity index (χ0n) is 24.1. The predicted octanol–water partition coefficient (Wildman–Crippen LogP) is 4.76. The molecule has 0 spiro atoms. The summed E-state index contributed by atoms with van der Waals surface area (Å²) in [5.74, 6) is -0.251. The molecule has 224 valence electrons. The monoisotopic (exact) mass is 594 g/mol. The fourth-order valence-electron chi connectivity index (χ4n) is 7.07. The number of hydrogen-bond donors (Lipinski definition) is 0. The van der Waals surface area contributed by atoms with Gasteiger partial charge in [0.25, 0.3) is 0 Å². The number of anilines is 1. The van der Waals surface area contributed by atoms with Crippen LogP contribution in [0.25, 0.3) is 10.9 Å². The van der Waals surface area contributed by atoms with Gasteiger partial charge in [-0.3, -0.25) is 4.90 Å². The van der Waals surface area contributed by atoms with E-state index >= 15 is 4.39 Å². The van der Waals surface area contributed by atoms with Gasteiger partial charge in [0, 0.05) is 26.1 Å². The van der Waals surface area contributed by atoms with Crippen LogP contribution in [0.2, 0.25) is 5.15 Å². The van der Waals surface area contributed by atoms with Crippen molar-refractivity contribution >= 4 is 34.4 Å². The number of alkyl halides is 1. The standard InChI is InChI=1S/C28H37ClF2N6O4/c1-6-17-21-15(2)40-24-18-20(19(31)22(29)33-24)32-25(39-14-28-8-7-9-35(28)13-16(30)12-28)34-23(18)37(21)11-10-36(17)26(38)41-27(3,4)5/h15-17,21H,6-14H2,1-5H3/t15-,16+,17-,21+,28-/m0/s1. The summed E-state index contributed by atoms with van der Waals surface area (Å²) in [7, 11) is 0. The molecule has 2 aromatic rings. The van der Waals surface area contributed by atoms with Gasteiger partial charge in [-0.05, 0) is 53.5 Å². The Hall–Kier alpha value is -2.73. The molecule has 41 heavy (non-hydrogen) atoms. The number of rotatable bonds is 4. The third-order valence-corrected chi connectivity index (χ3v) is 8.99. The summed E-state index contributed by atoms with van der Waals surface area (Å²) in [4.78, 5) is 32.5. The molecule has 6 heterocycles. The van der Waals surface area contributed by atoms with Crippen molar-refractivity contribution in [2.75, 3.05) is 37.7 Å². The van der Waals surface area contributed by atoms with Crippen molar-refractivity contribution < 1.29 is 27.8 Å². The van der Waals surface area contributed by atoms with Gasteiger partial charge in [-0.25, -0.2) is 13.6 Å². The number of carbonyl (C=O) groups excluding carboxylic acids is 1. The summed E-state index contributed by atoms with van der Waals surface area (Å²) >= 11 is 6.21. The first-order valence-corrected chi connectivity index (χ1v) is 14.8. The van der Waals surface area contributed by atoms with Gasteiger partial charge in [0.2, 0.25) is 5.88 Å². The van der Waals surface area contributed by atoms with Crippen LogP contribution in [-0.4, -0.2) is 99.1 Å². The van der Waals surface area contributed by atoms with E-state index in [0.29, 0.717) is 43.7 Å². The van der Waals surface area contributed by atoms with Crippen molar-refractivity contribution in [2.24, 2.45) is 0 Å². The topological polar surface area (TPSA) is 93.2 Å². The maximum Gasteiger partial charge on any atom is 0.410 e. The van der Waals surface area contributed by atoms with Crippen molar-refractivity contribution in [3.8, 4) is 11.9 Å². The van der Waals surface area contributed by atoms with E-state index in [0.717, 1.165) is 19.4 Å². The highest BCUT2D eigenvalue weighted by molar-refractivity contribution is 6.30. The third-order valence-electron chi connectivity index (χ3n) is 8.74. The Bertz CT molecular complexity index is 1360. The SMILES string of the molecule is CC[C@H]1[C@H]2[C@H](C)Oc3nc(Cl)c(F)c4nc(OC[C@@]56CCCN5C[C@H](F)C6)nc(c34)N2CCN1C(=O)OC(C)(C)C. The highest BCUT2D eigenvalue weighted by atomic mass is 35.5. The number of carbonyl (C=O) groups is 1. The molecule has 4 aliphatic rings. The molecule has 1 amide bonds. The molecule has 0 aliphatic carbocycles. The zero-order valence-corrected chi connectivity index (χ0v) is 24.9. The molecule has 0 N–H and O–H groups in total. The minimum absolute atomic E-state index is 0.0147. The first-order chi connectivity index (χ1) is 19.4. The normalized spacial score (nSPS) is 29.7. The number of halogens is 3. The van der Waals surface area contributed by atoms with Crippen LogP contribution in [-0.2, 0) is 4.74 Å². The van der Waals surface area contributed by atoms with Crippen LogP contribution in [0, 0.1) is 5.82 Å². The second-order valence-electron chi connectivity index (χ2n) is 12.6. The zero-order chi connectivity index (χ0) is 29.3. The van der Waals surface area contributed by atoms with E-state index < -0.39 is 35.3 Å². The van der Waals surface area contributed by atoms with Crippen LogP contribution >= 0.6 is 11.6 Å².